The van der Waals surface area contributed by atoms with Crippen LogP contribution in [0.25, 0.3) is 5.82 Å². The summed E-state index contributed by atoms with van der Waals surface area (Å²) in [7, 11) is 0. The average Bonchev–Trinajstić information content (AvgIpc) is 3.25. The van der Waals surface area contributed by atoms with Crippen LogP contribution in [0, 0.1) is 0 Å². The maximum Gasteiger partial charge on any atom is 0.293 e. The number of hydrogen-bond donors (Lipinski definition) is 2. The normalized spacial score (nSPS) is 11.8. The van der Waals surface area contributed by atoms with Crippen LogP contribution in [-0.2, 0) is 0 Å². The first-order chi connectivity index (χ1) is 12.5. The highest BCUT2D eigenvalue weighted by Crippen LogP contribution is 2.22. The highest BCUT2D eigenvalue weighted by atomic mass is 16.6. The summed E-state index contributed by atoms with van der Waals surface area (Å²) in [5.41, 5.74) is 10.3. The number of nitrogens with one attached hydrogen (secondary N) is 1. The Hall–Kier alpha value is -3.63. The van der Waals surface area contributed by atoms with Crippen LogP contribution < -0.4 is 11.2 Å². The van der Waals surface area contributed by atoms with Crippen molar-refractivity contribution in [2.45, 2.75) is 26.7 Å². The van der Waals surface area contributed by atoms with Crippen molar-refractivity contribution >= 4 is 17.4 Å². The molecule has 0 atom stereocenters. The van der Waals surface area contributed by atoms with E-state index in [1.807, 2.05) is 13.8 Å². The molecule has 3 aromatic heterocycles. The lowest BCUT2D eigenvalue weighted by molar-refractivity contribution is 0.0948. The van der Waals surface area contributed by atoms with Gasteiger partial charge in [0.15, 0.2) is 5.69 Å². The third-order valence-corrected chi connectivity index (χ3v) is 3.59. The number of carbonyl (C=O) groups is 1. The number of anilines is 1. The van der Waals surface area contributed by atoms with Crippen LogP contribution in [-0.4, -0.2) is 41.9 Å². The number of nitrogens with zero attached hydrogens (tertiary/aromatic N) is 7. The van der Waals surface area contributed by atoms with Gasteiger partial charge in [0, 0.05) is 18.0 Å². The third kappa shape index (κ3) is 3.27. The van der Waals surface area contributed by atoms with Crippen LogP contribution in [0.4, 0.5) is 5.82 Å². The molecule has 0 spiro atoms. The van der Waals surface area contributed by atoms with Crippen molar-refractivity contribution in [2.24, 2.45) is 5.10 Å². The predicted octanol–water partition coefficient (Wildman–Crippen LogP) is 0.905. The number of rotatable bonds is 5. The van der Waals surface area contributed by atoms with Gasteiger partial charge in [-0.25, -0.2) is 10.1 Å². The highest BCUT2D eigenvalue weighted by molar-refractivity contribution is 6.00. The van der Waals surface area contributed by atoms with E-state index in [9.17, 15) is 4.79 Å². The molecule has 0 aliphatic rings. The Morgan fingerprint density at radius 3 is 2.65 bits per heavy atom. The zero-order chi connectivity index (χ0) is 18.7. The van der Waals surface area contributed by atoms with Gasteiger partial charge >= 0.3 is 0 Å². The molecule has 26 heavy (non-hydrogen) atoms. The van der Waals surface area contributed by atoms with Crippen molar-refractivity contribution < 1.29 is 9.42 Å². The van der Waals surface area contributed by atoms with E-state index in [0.717, 1.165) is 5.56 Å². The minimum Gasteiger partial charge on any atom is -0.378 e. The fraction of sp³-hybridized carbons (Fsp3) is 0.267. The fourth-order valence-electron chi connectivity index (χ4n) is 2.31. The molecule has 0 unspecified atom stereocenters. The number of aromatic nitrogens is 6. The molecule has 3 aromatic rings. The van der Waals surface area contributed by atoms with E-state index in [0.29, 0.717) is 11.4 Å². The number of nitrogen functional groups attached to an aromatic ring is 1. The number of pyridine rings is 1. The largest absolute Gasteiger partial charge is 0.378 e. The van der Waals surface area contributed by atoms with E-state index in [2.05, 4.69) is 40.8 Å². The summed E-state index contributed by atoms with van der Waals surface area (Å²) in [6.45, 7) is 5.56. The molecule has 0 aliphatic heterocycles. The molecule has 0 radical (unpaired) electrons. The summed E-state index contributed by atoms with van der Waals surface area (Å²) in [5, 5.41) is 19.2. The SMILES string of the molecule is C/C(=N/NC(=O)c1nnn(-c2nonc2N)c1C(C)C)c1ccncc1. The zero-order valence-electron chi connectivity index (χ0n) is 14.4. The molecule has 134 valence electrons. The Morgan fingerprint density at radius 1 is 1.31 bits per heavy atom. The van der Waals surface area contributed by atoms with Crippen molar-refractivity contribution in [3.63, 3.8) is 0 Å². The highest BCUT2D eigenvalue weighted by Gasteiger charge is 2.25. The summed E-state index contributed by atoms with van der Waals surface area (Å²) >= 11 is 0. The Bertz CT molecular complexity index is 943. The average molecular weight is 355 g/mol. The molecule has 0 saturated carbocycles. The van der Waals surface area contributed by atoms with E-state index in [-0.39, 0.29) is 23.2 Å². The first-order valence-corrected chi connectivity index (χ1v) is 7.78. The van der Waals surface area contributed by atoms with E-state index in [4.69, 9.17) is 5.73 Å². The van der Waals surface area contributed by atoms with Gasteiger partial charge in [-0.3, -0.25) is 9.78 Å². The van der Waals surface area contributed by atoms with E-state index in [1.165, 1.54) is 4.68 Å². The minimum absolute atomic E-state index is 0.0512. The molecular weight excluding hydrogens is 338 g/mol. The maximum atomic E-state index is 12.5. The molecule has 3 heterocycles. The van der Waals surface area contributed by atoms with Crippen LogP contribution in [0.5, 0.6) is 0 Å². The molecule has 1 amide bonds. The van der Waals surface area contributed by atoms with E-state index in [1.54, 1.807) is 31.5 Å². The number of hydrazone groups is 1. The number of nitrogens with two attached hydrogens (primary N) is 1. The fourth-order valence-corrected chi connectivity index (χ4v) is 2.31. The van der Waals surface area contributed by atoms with Crippen molar-refractivity contribution in [3.8, 4) is 5.82 Å². The summed E-state index contributed by atoms with van der Waals surface area (Å²) in [6.07, 6.45) is 3.30. The molecule has 0 aliphatic carbocycles. The number of hydrogen-bond acceptors (Lipinski definition) is 9. The Morgan fingerprint density at radius 2 is 2.04 bits per heavy atom. The van der Waals surface area contributed by atoms with Crippen LogP contribution in [0.3, 0.4) is 0 Å². The summed E-state index contributed by atoms with van der Waals surface area (Å²) in [5.74, 6) is -0.359. The molecule has 0 fully saturated rings. The van der Waals surface area contributed by atoms with Crippen molar-refractivity contribution in [1.29, 1.82) is 0 Å². The van der Waals surface area contributed by atoms with Crippen molar-refractivity contribution in [2.75, 3.05) is 5.73 Å². The quantitative estimate of drug-likeness (QED) is 0.506. The second kappa shape index (κ2) is 7.09. The molecule has 11 nitrogen and oxygen atoms in total. The van der Waals surface area contributed by atoms with Gasteiger partial charge in [0.25, 0.3) is 5.91 Å². The first kappa shape index (κ1) is 17.2. The molecule has 0 saturated heterocycles. The molecule has 3 rings (SSSR count). The molecular formula is C15H17N9O2. The Labute approximate surface area is 148 Å². The van der Waals surface area contributed by atoms with Gasteiger partial charge in [-0.15, -0.1) is 5.10 Å². The van der Waals surface area contributed by atoms with E-state index >= 15 is 0 Å². The lowest BCUT2D eigenvalue weighted by atomic mass is 10.1. The van der Waals surface area contributed by atoms with Gasteiger partial charge in [-0.2, -0.15) is 9.78 Å². The second-order valence-electron chi connectivity index (χ2n) is 5.74. The van der Waals surface area contributed by atoms with Crippen molar-refractivity contribution in [1.82, 2.24) is 35.7 Å². The lowest BCUT2D eigenvalue weighted by Crippen LogP contribution is -2.22. The number of amides is 1. The summed E-state index contributed by atoms with van der Waals surface area (Å²) in [4.78, 5) is 16.5. The monoisotopic (exact) mass is 355 g/mol. The Balaban J connectivity index is 1.88. The smallest absolute Gasteiger partial charge is 0.293 e. The van der Waals surface area contributed by atoms with Crippen LogP contribution in [0.2, 0.25) is 0 Å². The first-order valence-electron chi connectivity index (χ1n) is 7.78. The molecule has 0 aromatic carbocycles. The van der Waals surface area contributed by atoms with Gasteiger partial charge in [0.1, 0.15) is 0 Å². The second-order valence-corrected chi connectivity index (χ2v) is 5.74. The Kier molecular flexibility index (Phi) is 4.69. The van der Waals surface area contributed by atoms with E-state index < -0.39 is 5.91 Å². The topological polar surface area (TPSA) is 150 Å². The van der Waals surface area contributed by atoms with Gasteiger partial charge in [-0.1, -0.05) is 19.1 Å². The van der Waals surface area contributed by atoms with Gasteiger partial charge in [-0.05, 0) is 35.3 Å². The molecule has 11 heteroatoms. The van der Waals surface area contributed by atoms with Gasteiger partial charge in [0.05, 0.1) is 11.4 Å². The third-order valence-electron chi connectivity index (χ3n) is 3.59. The van der Waals surface area contributed by atoms with Crippen LogP contribution in [0.1, 0.15) is 48.4 Å². The van der Waals surface area contributed by atoms with Crippen molar-refractivity contribution in [3.05, 3.63) is 41.5 Å². The minimum atomic E-state index is -0.497. The van der Waals surface area contributed by atoms with Gasteiger partial charge in [0.2, 0.25) is 11.6 Å². The molecule has 3 N–H and O–H groups in total. The molecule has 0 bridgehead atoms. The summed E-state index contributed by atoms with van der Waals surface area (Å²) < 4.78 is 5.93. The lowest BCUT2D eigenvalue weighted by Gasteiger charge is -2.08. The maximum absolute atomic E-state index is 12.5. The standard InChI is InChI=1S/C15H17N9O2/c1-8(2)12-11(19-23-24(12)14-13(16)21-26-22-14)15(25)20-18-9(3)10-4-6-17-7-5-10/h4-8H,1-3H3,(H2,16,21)(H,20,25)/b18-9-. The van der Waals surface area contributed by atoms with Crippen LogP contribution in [0.15, 0.2) is 34.3 Å². The predicted molar refractivity (Wildman–Crippen MR) is 91.6 cm³/mol. The summed E-state index contributed by atoms with van der Waals surface area (Å²) in [6, 6.07) is 3.59. The van der Waals surface area contributed by atoms with Gasteiger partial charge < -0.3 is 5.73 Å². The van der Waals surface area contributed by atoms with Crippen LogP contribution >= 0.6 is 0 Å². The zero-order valence-corrected chi connectivity index (χ0v) is 14.4. The number of carbonyl (C=O) groups excluding carboxylic acids is 1.